The van der Waals surface area contributed by atoms with Gasteiger partial charge in [-0.15, -0.1) is 13.2 Å². The van der Waals surface area contributed by atoms with Crippen LogP contribution in [0.15, 0.2) is 12.3 Å². The molecule has 0 aliphatic heterocycles. The molecule has 0 aliphatic carbocycles. The fraction of sp³-hybridized carbons (Fsp3) is 0.500. The molecule has 0 rings (SSSR count). The van der Waals surface area contributed by atoms with Crippen LogP contribution in [0.4, 0.5) is 13.2 Å². The molecule has 60 valence electrons. The maximum atomic E-state index is 11.1. The smallest absolute Gasteiger partial charge is 0.508 e. The van der Waals surface area contributed by atoms with Crippen LogP contribution >= 0.6 is 0 Å². The lowest BCUT2D eigenvalue weighted by Gasteiger charge is -2.11. The molecule has 3 nitrogen and oxygen atoms in total. The molecular formula is C4H5F3O3. The van der Waals surface area contributed by atoms with Crippen molar-refractivity contribution in [1.82, 2.24) is 0 Å². The van der Waals surface area contributed by atoms with Gasteiger partial charge in [-0.25, -0.2) is 0 Å². The van der Waals surface area contributed by atoms with E-state index < -0.39 is 18.4 Å². The Kier molecular flexibility index (Phi) is 2.67. The van der Waals surface area contributed by atoms with E-state index in [-0.39, 0.29) is 0 Å². The highest BCUT2D eigenvalue weighted by atomic mass is 19.4. The molecule has 0 aromatic carbocycles. The predicted octanol–water partition coefficient (Wildman–Crippen LogP) is 0.913. The van der Waals surface area contributed by atoms with Gasteiger partial charge in [0, 0.05) is 0 Å². The van der Waals surface area contributed by atoms with E-state index in [0.29, 0.717) is 0 Å². The van der Waals surface area contributed by atoms with Crippen molar-refractivity contribution in [3.63, 3.8) is 0 Å². The molecule has 0 heterocycles. The lowest BCUT2D eigenvalue weighted by molar-refractivity contribution is -0.368. The minimum Gasteiger partial charge on any atom is -0.508 e. The highest BCUT2D eigenvalue weighted by Crippen LogP contribution is 2.19. The molecule has 0 spiro atoms. The normalized spacial score (nSPS) is 14.8. The van der Waals surface area contributed by atoms with Crippen molar-refractivity contribution in [2.45, 2.75) is 12.7 Å². The first kappa shape index (κ1) is 9.25. The molecule has 0 amide bonds. The Labute approximate surface area is 54.3 Å². The standard InChI is InChI=1S/C4H5F3O3/c1-2(8)3(9)10-4(5,6)7/h3,8-9H,1H2. The average molecular weight is 158 g/mol. The number of aliphatic hydroxyl groups is 2. The molecule has 0 fully saturated rings. The summed E-state index contributed by atoms with van der Waals surface area (Å²) in [5.74, 6) is -1.09. The highest BCUT2D eigenvalue weighted by Gasteiger charge is 2.33. The maximum Gasteiger partial charge on any atom is 0.525 e. The van der Waals surface area contributed by atoms with Gasteiger partial charge in [0.05, 0.1) is 0 Å². The second kappa shape index (κ2) is 2.89. The van der Waals surface area contributed by atoms with Gasteiger partial charge in [-0.1, -0.05) is 6.58 Å². The first-order chi connectivity index (χ1) is 4.33. The third kappa shape index (κ3) is 4.16. The monoisotopic (exact) mass is 158 g/mol. The molecule has 0 radical (unpaired) electrons. The Bertz CT molecular complexity index is 130. The van der Waals surface area contributed by atoms with Gasteiger partial charge >= 0.3 is 6.36 Å². The van der Waals surface area contributed by atoms with Crippen LogP contribution in [-0.4, -0.2) is 22.9 Å². The van der Waals surface area contributed by atoms with Crippen molar-refractivity contribution in [3.8, 4) is 0 Å². The summed E-state index contributed by atoms with van der Waals surface area (Å²) in [5.41, 5.74) is 0. The summed E-state index contributed by atoms with van der Waals surface area (Å²) in [6, 6.07) is 0. The predicted molar refractivity (Wildman–Crippen MR) is 24.9 cm³/mol. The zero-order chi connectivity index (χ0) is 8.36. The summed E-state index contributed by atoms with van der Waals surface area (Å²) >= 11 is 0. The molecule has 0 aromatic heterocycles. The number of hydrogen-bond acceptors (Lipinski definition) is 3. The molecule has 10 heavy (non-hydrogen) atoms. The number of alkyl halides is 3. The van der Waals surface area contributed by atoms with Crippen molar-refractivity contribution in [3.05, 3.63) is 12.3 Å². The van der Waals surface area contributed by atoms with E-state index in [2.05, 4.69) is 11.3 Å². The lowest BCUT2D eigenvalue weighted by atomic mass is 10.5. The molecule has 0 aliphatic rings. The average Bonchev–Trinajstić information content (AvgIpc) is 1.60. The van der Waals surface area contributed by atoms with Crippen LogP contribution in [0.1, 0.15) is 0 Å². The third-order valence-electron chi connectivity index (χ3n) is 0.530. The van der Waals surface area contributed by atoms with Crippen molar-refractivity contribution >= 4 is 0 Å². The van der Waals surface area contributed by atoms with Crippen molar-refractivity contribution in [2.75, 3.05) is 0 Å². The summed E-state index contributed by atoms with van der Waals surface area (Å²) < 4.78 is 36.3. The van der Waals surface area contributed by atoms with Crippen molar-refractivity contribution in [2.24, 2.45) is 0 Å². The van der Waals surface area contributed by atoms with Crippen LogP contribution in [0.3, 0.4) is 0 Å². The van der Waals surface area contributed by atoms with Gasteiger partial charge in [0.1, 0.15) is 5.76 Å². The Morgan fingerprint density at radius 2 is 1.90 bits per heavy atom. The Morgan fingerprint density at radius 3 is 2.00 bits per heavy atom. The fourth-order valence-corrected chi connectivity index (χ4v) is 0.195. The third-order valence-corrected chi connectivity index (χ3v) is 0.530. The molecule has 2 N–H and O–H groups in total. The van der Waals surface area contributed by atoms with Gasteiger partial charge in [-0.2, -0.15) is 0 Å². The van der Waals surface area contributed by atoms with E-state index in [1.54, 1.807) is 0 Å². The summed E-state index contributed by atoms with van der Waals surface area (Å²) in [4.78, 5) is 0. The summed E-state index contributed by atoms with van der Waals surface area (Å²) in [7, 11) is 0. The Hall–Kier alpha value is -0.750. The summed E-state index contributed by atoms with van der Waals surface area (Å²) in [6.45, 7) is 2.62. The minimum atomic E-state index is -4.97. The number of hydrogen-bond donors (Lipinski definition) is 2. The number of halogens is 3. The fourth-order valence-electron chi connectivity index (χ4n) is 0.195. The summed E-state index contributed by atoms with van der Waals surface area (Å²) in [5, 5.41) is 16.3. The van der Waals surface area contributed by atoms with E-state index in [9.17, 15) is 13.2 Å². The zero-order valence-electron chi connectivity index (χ0n) is 4.72. The van der Waals surface area contributed by atoms with E-state index >= 15 is 0 Å². The maximum absolute atomic E-state index is 11.1. The van der Waals surface area contributed by atoms with Crippen molar-refractivity contribution < 1.29 is 28.1 Å². The molecule has 1 atom stereocenters. The van der Waals surface area contributed by atoms with Gasteiger partial charge in [0.2, 0.25) is 6.29 Å². The second-order valence-electron chi connectivity index (χ2n) is 1.41. The molecule has 1 unspecified atom stereocenters. The summed E-state index contributed by atoms with van der Waals surface area (Å²) in [6.07, 6.45) is -7.37. The van der Waals surface area contributed by atoms with Gasteiger partial charge < -0.3 is 10.2 Å². The Morgan fingerprint density at radius 1 is 1.50 bits per heavy atom. The molecule has 0 aromatic rings. The van der Waals surface area contributed by atoms with Gasteiger partial charge in [-0.3, -0.25) is 4.74 Å². The van der Waals surface area contributed by atoms with Crippen LogP contribution in [-0.2, 0) is 4.74 Å². The van der Waals surface area contributed by atoms with E-state index in [1.165, 1.54) is 0 Å². The van der Waals surface area contributed by atoms with E-state index in [1.807, 2.05) is 0 Å². The quantitative estimate of drug-likeness (QED) is 0.464. The second-order valence-corrected chi connectivity index (χ2v) is 1.41. The van der Waals surface area contributed by atoms with Crippen LogP contribution in [0.25, 0.3) is 0 Å². The number of aliphatic hydroxyl groups excluding tert-OH is 2. The molecule has 6 heteroatoms. The van der Waals surface area contributed by atoms with Crippen LogP contribution in [0.5, 0.6) is 0 Å². The topological polar surface area (TPSA) is 49.7 Å². The number of ether oxygens (including phenoxy) is 1. The Balaban J connectivity index is 3.80. The molecule has 0 saturated carbocycles. The highest BCUT2D eigenvalue weighted by molar-refractivity contribution is 4.82. The van der Waals surface area contributed by atoms with Crippen molar-refractivity contribution in [1.29, 1.82) is 0 Å². The van der Waals surface area contributed by atoms with E-state index in [4.69, 9.17) is 10.2 Å². The minimum absolute atomic E-state index is 1.09. The van der Waals surface area contributed by atoms with Crippen LogP contribution < -0.4 is 0 Å². The van der Waals surface area contributed by atoms with E-state index in [0.717, 1.165) is 0 Å². The molecule has 0 saturated heterocycles. The van der Waals surface area contributed by atoms with Gasteiger partial charge in [0.25, 0.3) is 0 Å². The van der Waals surface area contributed by atoms with Gasteiger partial charge in [-0.05, 0) is 0 Å². The number of rotatable bonds is 2. The van der Waals surface area contributed by atoms with Crippen LogP contribution in [0, 0.1) is 0 Å². The van der Waals surface area contributed by atoms with Gasteiger partial charge in [0.15, 0.2) is 0 Å². The first-order valence-corrected chi connectivity index (χ1v) is 2.13. The zero-order valence-corrected chi connectivity index (χ0v) is 4.72. The van der Waals surface area contributed by atoms with Crippen LogP contribution in [0.2, 0.25) is 0 Å². The largest absolute Gasteiger partial charge is 0.525 e. The lowest BCUT2D eigenvalue weighted by Crippen LogP contribution is -2.24. The first-order valence-electron chi connectivity index (χ1n) is 2.13. The SMILES string of the molecule is C=C(O)C(O)OC(F)(F)F. The molecule has 0 bridgehead atoms. The molecular weight excluding hydrogens is 153 g/mol.